The van der Waals surface area contributed by atoms with Crippen LogP contribution in [-0.4, -0.2) is 20.0 Å². The molecule has 0 saturated carbocycles. The van der Waals surface area contributed by atoms with E-state index in [0.29, 0.717) is 10.9 Å². The van der Waals surface area contributed by atoms with Crippen LogP contribution in [0.1, 0.15) is 5.56 Å². The highest BCUT2D eigenvalue weighted by molar-refractivity contribution is 7.98. The lowest BCUT2D eigenvalue weighted by Crippen LogP contribution is -1.95. The number of nitrogen functional groups attached to an aromatic ring is 1. The molecule has 3 N–H and O–H groups in total. The molecule has 0 radical (unpaired) electrons. The molecule has 7 nitrogen and oxygen atoms in total. The second kappa shape index (κ2) is 5.53. The van der Waals surface area contributed by atoms with Crippen molar-refractivity contribution in [3.05, 3.63) is 46.0 Å². The maximum atomic E-state index is 10.6. The number of nitrogens with two attached hydrogens (primary N) is 1. The molecule has 0 amide bonds. The van der Waals surface area contributed by atoms with Gasteiger partial charge in [-0.1, -0.05) is 23.9 Å². The van der Waals surface area contributed by atoms with Crippen LogP contribution in [0.4, 0.5) is 11.5 Å². The summed E-state index contributed by atoms with van der Waals surface area (Å²) in [6.07, 6.45) is 0. The summed E-state index contributed by atoms with van der Waals surface area (Å²) in [6.45, 7) is 0. The molecule has 1 heterocycles. The number of anilines is 1. The predicted octanol–water partition coefficient (Wildman–Crippen LogP) is 1.96. The molecular weight excluding hydrogens is 268 g/mol. The van der Waals surface area contributed by atoms with Gasteiger partial charge < -0.3 is 10.8 Å². The van der Waals surface area contributed by atoms with Crippen LogP contribution in [0.2, 0.25) is 0 Å². The van der Waals surface area contributed by atoms with Gasteiger partial charge in [0.25, 0.3) is 5.69 Å². The van der Waals surface area contributed by atoms with Gasteiger partial charge in [0.1, 0.15) is 5.82 Å². The van der Waals surface area contributed by atoms with E-state index in [1.165, 1.54) is 30.0 Å². The molecule has 0 atom stereocenters. The lowest BCUT2D eigenvalue weighted by atomic mass is 10.2. The molecule has 1 aromatic heterocycles. The SMILES string of the molecule is Nc1cc(O)nc(SCc2cccc([N+](=O)[O-])c2)n1. The highest BCUT2D eigenvalue weighted by Crippen LogP contribution is 2.24. The quantitative estimate of drug-likeness (QED) is 0.380. The molecule has 0 saturated heterocycles. The number of thioether (sulfide) groups is 1. The number of nitrogens with zero attached hydrogens (tertiary/aromatic N) is 3. The monoisotopic (exact) mass is 278 g/mol. The zero-order valence-corrected chi connectivity index (χ0v) is 10.5. The van der Waals surface area contributed by atoms with Gasteiger partial charge >= 0.3 is 0 Å². The molecule has 0 fully saturated rings. The van der Waals surface area contributed by atoms with E-state index in [-0.39, 0.29) is 17.4 Å². The molecule has 0 aliphatic heterocycles. The zero-order valence-electron chi connectivity index (χ0n) is 9.68. The van der Waals surface area contributed by atoms with Crippen molar-refractivity contribution in [3.8, 4) is 5.88 Å². The lowest BCUT2D eigenvalue weighted by Gasteiger charge is -2.02. The summed E-state index contributed by atoms with van der Waals surface area (Å²) in [7, 11) is 0. The van der Waals surface area contributed by atoms with Crippen LogP contribution in [-0.2, 0) is 5.75 Å². The fourth-order valence-corrected chi connectivity index (χ4v) is 2.21. The van der Waals surface area contributed by atoms with E-state index in [9.17, 15) is 15.2 Å². The van der Waals surface area contributed by atoms with E-state index >= 15 is 0 Å². The van der Waals surface area contributed by atoms with Crippen LogP contribution in [0.5, 0.6) is 5.88 Å². The predicted molar refractivity (Wildman–Crippen MR) is 70.8 cm³/mol. The van der Waals surface area contributed by atoms with Crippen LogP contribution in [0.15, 0.2) is 35.5 Å². The van der Waals surface area contributed by atoms with Gasteiger partial charge in [0.2, 0.25) is 5.88 Å². The number of nitro groups is 1. The van der Waals surface area contributed by atoms with Crippen molar-refractivity contribution in [1.29, 1.82) is 0 Å². The highest BCUT2D eigenvalue weighted by atomic mass is 32.2. The first-order valence-electron chi connectivity index (χ1n) is 5.24. The van der Waals surface area contributed by atoms with Gasteiger partial charge in [-0.15, -0.1) is 0 Å². The maximum absolute atomic E-state index is 10.6. The van der Waals surface area contributed by atoms with Crippen molar-refractivity contribution in [2.45, 2.75) is 10.9 Å². The van der Waals surface area contributed by atoms with Gasteiger partial charge in [-0.3, -0.25) is 10.1 Å². The van der Waals surface area contributed by atoms with Crippen molar-refractivity contribution in [2.75, 3.05) is 5.73 Å². The van der Waals surface area contributed by atoms with Gasteiger partial charge in [0.05, 0.1) is 4.92 Å². The largest absolute Gasteiger partial charge is 0.493 e. The Labute approximate surface area is 112 Å². The summed E-state index contributed by atoms with van der Waals surface area (Å²) in [5, 5.41) is 20.2. The molecule has 0 aliphatic rings. The number of benzene rings is 1. The third-order valence-electron chi connectivity index (χ3n) is 2.20. The van der Waals surface area contributed by atoms with Crippen LogP contribution in [0.25, 0.3) is 0 Å². The molecule has 0 bridgehead atoms. The zero-order chi connectivity index (χ0) is 13.8. The first-order valence-corrected chi connectivity index (χ1v) is 6.23. The third-order valence-corrected chi connectivity index (χ3v) is 3.12. The Balaban J connectivity index is 2.10. The standard InChI is InChI=1S/C11H10N4O3S/c12-9-5-10(16)14-11(13-9)19-6-7-2-1-3-8(4-7)15(17)18/h1-5H,6H2,(H3,12,13,14,16). The van der Waals surface area contributed by atoms with E-state index in [2.05, 4.69) is 9.97 Å². The van der Waals surface area contributed by atoms with E-state index in [1.54, 1.807) is 12.1 Å². The average molecular weight is 278 g/mol. The van der Waals surface area contributed by atoms with Gasteiger partial charge in [-0.25, -0.2) is 4.98 Å². The van der Waals surface area contributed by atoms with E-state index in [1.807, 2.05) is 0 Å². The van der Waals surface area contributed by atoms with E-state index in [0.717, 1.165) is 5.56 Å². The Bertz CT molecular complexity index is 600. The molecule has 8 heteroatoms. The number of hydrogen-bond donors (Lipinski definition) is 2. The molecule has 0 aliphatic carbocycles. The molecular formula is C11H10N4O3S. The highest BCUT2D eigenvalue weighted by Gasteiger charge is 2.07. The minimum Gasteiger partial charge on any atom is -0.493 e. The summed E-state index contributed by atoms with van der Waals surface area (Å²) in [4.78, 5) is 17.9. The summed E-state index contributed by atoms with van der Waals surface area (Å²) in [6, 6.07) is 7.55. The van der Waals surface area contributed by atoms with Crippen LogP contribution >= 0.6 is 11.8 Å². The fraction of sp³-hybridized carbons (Fsp3) is 0.0909. The first kappa shape index (κ1) is 13.1. The van der Waals surface area contributed by atoms with E-state index < -0.39 is 4.92 Å². The lowest BCUT2D eigenvalue weighted by molar-refractivity contribution is -0.384. The summed E-state index contributed by atoms with van der Waals surface area (Å²) < 4.78 is 0. The van der Waals surface area contributed by atoms with Gasteiger partial charge in [-0.05, 0) is 5.56 Å². The Hall–Kier alpha value is -2.35. The summed E-state index contributed by atoms with van der Waals surface area (Å²) in [5.74, 6) is 0.424. The van der Waals surface area contributed by atoms with Crippen molar-refractivity contribution in [3.63, 3.8) is 0 Å². The topological polar surface area (TPSA) is 115 Å². The number of nitro benzene ring substituents is 1. The number of rotatable bonds is 4. The molecule has 0 spiro atoms. The fourth-order valence-electron chi connectivity index (χ4n) is 1.40. The Morgan fingerprint density at radius 2 is 2.16 bits per heavy atom. The second-order valence-electron chi connectivity index (χ2n) is 3.65. The maximum Gasteiger partial charge on any atom is 0.269 e. The minimum absolute atomic E-state index is 0.0365. The smallest absolute Gasteiger partial charge is 0.269 e. The summed E-state index contributed by atoms with van der Waals surface area (Å²) >= 11 is 1.24. The van der Waals surface area contributed by atoms with Crippen LogP contribution < -0.4 is 5.73 Å². The number of non-ortho nitro benzene ring substituents is 1. The Kier molecular flexibility index (Phi) is 3.81. The Morgan fingerprint density at radius 3 is 2.84 bits per heavy atom. The van der Waals surface area contributed by atoms with Crippen molar-refractivity contribution >= 4 is 23.3 Å². The van der Waals surface area contributed by atoms with Crippen molar-refractivity contribution in [1.82, 2.24) is 9.97 Å². The minimum atomic E-state index is -0.447. The van der Waals surface area contributed by atoms with Crippen molar-refractivity contribution < 1.29 is 10.0 Å². The molecule has 2 rings (SSSR count). The van der Waals surface area contributed by atoms with Gasteiger partial charge in [-0.2, -0.15) is 4.98 Å². The average Bonchev–Trinajstić information content (AvgIpc) is 2.35. The number of aromatic nitrogens is 2. The molecule has 2 aromatic rings. The summed E-state index contributed by atoms with van der Waals surface area (Å²) in [5.41, 5.74) is 6.28. The molecule has 19 heavy (non-hydrogen) atoms. The van der Waals surface area contributed by atoms with Crippen LogP contribution in [0.3, 0.4) is 0 Å². The van der Waals surface area contributed by atoms with Crippen LogP contribution in [0, 0.1) is 10.1 Å². The van der Waals surface area contributed by atoms with Gasteiger partial charge in [0, 0.05) is 24.0 Å². The first-order chi connectivity index (χ1) is 9.04. The molecule has 0 unspecified atom stereocenters. The van der Waals surface area contributed by atoms with Crippen molar-refractivity contribution in [2.24, 2.45) is 0 Å². The second-order valence-corrected chi connectivity index (χ2v) is 4.59. The van der Waals surface area contributed by atoms with Gasteiger partial charge in [0.15, 0.2) is 5.16 Å². The third kappa shape index (κ3) is 3.55. The number of hydrogen-bond acceptors (Lipinski definition) is 7. The number of aromatic hydroxyl groups is 1. The Morgan fingerprint density at radius 1 is 1.37 bits per heavy atom. The van der Waals surface area contributed by atoms with E-state index in [4.69, 9.17) is 5.73 Å². The molecule has 1 aromatic carbocycles. The molecule has 98 valence electrons. The normalized spacial score (nSPS) is 10.3.